The molecule has 0 N–H and O–H groups in total. The number of benzene rings is 2. The molecule has 3 aromatic rings. The maximum atomic E-state index is 12.4. The standard InChI is InChI=1S/C23H24N2O4/c1-4-28-23(27)17-11-21(26)25(13-17)18-9-10-20-19(12-18)24-22(29-20)16-7-5-15(6-8-16)14(2)3/h5-10,12,14,17H,4,11,13H2,1-3H3/t17-/m1/s1. The van der Waals surface area contributed by atoms with Crippen LogP contribution in [0.5, 0.6) is 0 Å². The number of carbonyl (C=O) groups excluding carboxylic acids is 2. The van der Waals surface area contributed by atoms with E-state index in [0.29, 0.717) is 41.7 Å². The summed E-state index contributed by atoms with van der Waals surface area (Å²) in [6, 6.07) is 13.6. The van der Waals surface area contributed by atoms with Crippen LogP contribution in [0.2, 0.25) is 0 Å². The van der Waals surface area contributed by atoms with Crippen LogP contribution in [0, 0.1) is 5.92 Å². The Morgan fingerprint density at radius 2 is 2.00 bits per heavy atom. The summed E-state index contributed by atoms with van der Waals surface area (Å²) >= 11 is 0. The summed E-state index contributed by atoms with van der Waals surface area (Å²) in [4.78, 5) is 30.6. The molecule has 1 amide bonds. The summed E-state index contributed by atoms with van der Waals surface area (Å²) < 4.78 is 11.0. The van der Waals surface area contributed by atoms with Crippen molar-refractivity contribution in [3.05, 3.63) is 48.0 Å². The number of fused-ring (bicyclic) bond motifs is 1. The van der Waals surface area contributed by atoms with E-state index < -0.39 is 5.92 Å². The van der Waals surface area contributed by atoms with Crippen molar-refractivity contribution in [2.24, 2.45) is 5.92 Å². The molecule has 6 nitrogen and oxygen atoms in total. The van der Waals surface area contributed by atoms with Crippen molar-refractivity contribution in [3.8, 4) is 11.5 Å². The van der Waals surface area contributed by atoms with Crippen LogP contribution >= 0.6 is 0 Å². The molecule has 4 rings (SSSR count). The molecule has 6 heteroatoms. The summed E-state index contributed by atoms with van der Waals surface area (Å²) in [5.74, 6) is 0.176. The molecule has 0 unspecified atom stereocenters. The molecule has 1 atom stereocenters. The second-order valence-corrected chi connectivity index (χ2v) is 7.61. The number of aromatic nitrogens is 1. The third-order valence-electron chi connectivity index (χ3n) is 5.25. The fourth-order valence-electron chi connectivity index (χ4n) is 3.59. The van der Waals surface area contributed by atoms with Gasteiger partial charge >= 0.3 is 5.97 Å². The topological polar surface area (TPSA) is 72.6 Å². The van der Waals surface area contributed by atoms with Crippen molar-refractivity contribution in [2.75, 3.05) is 18.1 Å². The first kappa shape index (κ1) is 19.2. The molecule has 1 fully saturated rings. The van der Waals surface area contributed by atoms with Gasteiger partial charge in [-0.2, -0.15) is 0 Å². The van der Waals surface area contributed by atoms with E-state index >= 15 is 0 Å². The molecule has 0 spiro atoms. The van der Waals surface area contributed by atoms with Gasteiger partial charge in [-0.05, 0) is 48.7 Å². The normalized spacial score (nSPS) is 16.8. The lowest BCUT2D eigenvalue weighted by molar-refractivity contribution is -0.147. The Hall–Kier alpha value is -3.15. The average Bonchev–Trinajstić information content (AvgIpc) is 3.31. The van der Waals surface area contributed by atoms with E-state index in [4.69, 9.17) is 9.15 Å². The van der Waals surface area contributed by atoms with E-state index in [-0.39, 0.29) is 18.3 Å². The second-order valence-electron chi connectivity index (χ2n) is 7.61. The van der Waals surface area contributed by atoms with Crippen LogP contribution in [0.4, 0.5) is 5.69 Å². The predicted octanol–water partition coefficient (Wildman–Crippen LogP) is 4.53. The lowest BCUT2D eigenvalue weighted by Crippen LogP contribution is -2.26. The zero-order chi connectivity index (χ0) is 20.5. The Morgan fingerprint density at radius 3 is 2.69 bits per heavy atom. The number of oxazole rings is 1. The highest BCUT2D eigenvalue weighted by Gasteiger charge is 2.36. The van der Waals surface area contributed by atoms with Crippen molar-refractivity contribution in [1.29, 1.82) is 0 Å². The van der Waals surface area contributed by atoms with Gasteiger partial charge < -0.3 is 14.1 Å². The molecule has 1 saturated heterocycles. The van der Waals surface area contributed by atoms with E-state index in [9.17, 15) is 9.59 Å². The fourth-order valence-corrected chi connectivity index (χ4v) is 3.59. The zero-order valence-corrected chi connectivity index (χ0v) is 16.8. The van der Waals surface area contributed by atoms with Gasteiger partial charge in [0.1, 0.15) is 5.52 Å². The van der Waals surface area contributed by atoms with E-state index in [1.54, 1.807) is 11.8 Å². The van der Waals surface area contributed by atoms with Crippen molar-refractivity contribution in [2.45, 2.75) is 33.1 Å². The van der Waals surface area contributed by atoms with Crippen LogP contribution in [0.25, 0.3) is 22.6 Å². The molecule has 1 aromatic heterocycles. The first-order valence-corrected chi connectivity index (χ1v) is 9.94. The molecular formula is C23H24N2O4. The molecule has 0 radical (unpaired) electrons. The maximum absolute atomic E-state index is 12.4. The largest absolute Gasteiger partial charge is 0.466 e. The van der Waals surface area contributed by atoms with E-state index in [1.165, 1.54) is 5.56 Å². The molecular weight excluding hydrogens is 368 g/mol. The van der Waals surface area contributed by atoms with Gasteiger partial charge in [0.05, 0.1) is 12.5 Å². The van der Waals surface area contributed by atoms with Crippen molar-refractivity contribution in [1.82, 2.24) is 4.98 Å². The molecule has 0 bridgehead atoms. The smallest absolute Gasteiger partial charge is 0.311 e. The lowest BCUT2D eigenvalue weighted by Gasteiger charge is -2.16. The molecule has 2 heterocycles. The number of ether oxygens (including phenoxy) is 1. The summed E-state index contributed by atoms with van der Waals surface area (Å²) in [5, 5.41) is 0. The SMILES string of the molecule is CCOC(=O)[C@@H]1CC(=O)N(c2ccc3oc(-c4ccc(C(C)C)cc4)nc3c2)C1. The third-order valence-corrected chi connectivity index (χ3v) is 5.25. The third kappa shape index (κ3) is 3.75. The Kier molecular flexibility index (Phi) is 5.09. The van der Waals surface area contributed by atoms with Crippen LogP contribution in [-0.2, 0) is 14.3 Å². The van der Waals surface area contributed by atoms with Gasteiger partial charge in [-0.25, -0.2) is 4.98 Å². The van der Waals surface area contributed by atoms with Gasteiger partial charge in [-0.1, -0.05) is 26.0 Å². The highest BCUT2D eigenvalue weighted by atomic mass is 16.5. The van der Waals surface area contributed by atoms with Crippen molar-refractivity contribution in [3.63, 3.8) is 0 Å². The first-order valence-electron chi connectivity index (χ1n) is 9.94. The van der Waals surface area contributed by atoms with Crippen LogP contribution in [0.15, 0.2) is 46.9 Å². The van der Waals surface area contributed by atoms with Gasteiger partial charge in [0.15, 0.2) is 5.58 Å². The summed E-state index contributed by atoms with van der Waals surface area (Å²) in [6.45, 7) is 6.71. The quantitative estimate of drug-likeness (QED) is 0.596. The first-order chi connectivity index (χ1) is 14.0. The Balaban J connectivity index is 1.59. The van der Waals surface area contributed by atoms with Gasteiger partial charge in [-0.3, -0.25) is 9.59 Å². The van der Waals surface area contributed by atoms with E-state index in [1.807, 2.05) is 30.3 Å². The number of rotatable bonds is 5. The molecule has 0 aliphatic carbocycles. The van der Waals surface area contributed by atoms with Gasteiger partial charge in [0, 0.05) is 24.2 Å². The number of amides is 1. The fraction of sp³-hybridized carbons (Fsp3) is 0.348. The van der Waals surface area contributed by atoms with Crippen molar-refractivity contribution < 1.29 is 18.7 Å². The van der Waals surface area contributed by atoms with Crippen LogP contribution in [0.1, 0.15) is 38.7 Å². The maximum Gasteiger partial charge on any atom is 0.311 e. The van der Waals surface area contributed by atoms with Crippen molar-refractivity contribution >= 4 is 28.7 Å². The highest BCUT2D eigenvalue weighted by Crippen LogP contribution is 2.31. The molecule has 1 aliphatic rings. The summed E-state index contributed by atoms with van der Waals surface area (Å²) in [6.07, 6.45) is 0.170. The summed E-state index contributed by atoms with van der Waals surface area (Å²) in [7, 11) is 0. The van der Waals surface area contributed by atoms with Crippen LogP contribution in [0.3, 0.4) is 0 Å². The number of esters is 1. The zero-order valence-electron chi connectivity index (χ0n) is 16.8. The monoisotopic (exact) mass is 392 g/mol. The number of nitrogens with zero attached hydrogens (tertiary/aromatic N) is 2. The van der Waals surface area contributed by atoms with E-state index in [0.717, 1.165) is 5.56 Å². The highest BCUT2D eigenvalue weighted by molar-refractivity contribution is 6.00. The molecule has 150 valence electrons. The second kappa shape index (κ2) is 7.70. The minimum atomic E-state index is -0.425. The predicted molar refractivity (Wildman–Crippen MR) is 111 cm³/mol. The number of anilines is 1. The molecule has 0 saturated carbocycles. The molecule has 2 aromatic carbocycles. The molecule has 29 heavy (non-hydrogen) atoms. The Morgan fingerprint density at radius 1 is 1.24 bits per heavy atom. The van der Waals surface area contributed by atoms with Crippen LogP contribution in [-0.4, -0.2) is 30.0 Å². The Labute approximate surface area is 169 Å². The Bertz CT molecular complexity index is 1050. The van der Waals surface area contributed by atoms with Gasteiger partial charge in [0.25, 0.3) is 0 Å². The van der Waals surface area contributed by atoms with Crippen LogP contribution < -0.4 is 4.90 Å². The lowest BCUT2D eigenvalue weighted by atomic mass is 10.0. The van der Waals surface area contributed by atoms with Gasteiger partial charge in [-0.15, -0.1) is 0 Å². The summed E-state index contributed by atoms with van der Waals surface area (Å²) in [5.41, 5.74) is 4.22. The average molecular weight is 392 g/mol. The molecule has 1 aliphatic heterocycles. The van der Waals surface area contributed by atoms with E-state index in [2.05, 4.69) is 31.0 Å². The number of hydrogen-bond donors (Lipinski definition) is 0. The number of hydrogen-bond acceptors (Lipinski definition) is 5. The minimum absolute atomic E-state index is 0.0876. The van der Waals surface area contributed by atoms with Gasteiger partial charge in [0.2, 0.25) is 11.8 Å². The minimum Gasteiger partial charge on any atom is -0.466 e. The number of carbonyl (C=O) groups is 2.